The van der Waals surface area contributed by atoms with Crippen LogP contribution in [0.5, 0.6) is 0 Å². The van der Waals surface area contributed by atoms with E-state index in [-0.39, 0.29) is 19.1 Å². The quantitative estimate of drug-likeness (QED) is 0.253. The minimum absolute atomic E-state index is 0.0234. The summed E-state index contributed by atoms with van der Waals surface area (Å²) in [6.45, 7) is -0.278. The number of alkyl carbamates (subject to hydrolysis) is 1. The Morgan fingerprint density at radius 1 is 0.829 bits per heavy atom. The van der Waals surface area contributed by atoms with Crippen LogP contribution >= 0.6 is 0 Å². The normalized spacial score (nSPS) is 14.3. The van der Waals surface area contributed by atoms with Crippen molar-refractivity contribution in [2.24, 2.45) is 0 Å². The lowest BCUT2D eigenvalue weighted by Gasteiger charge is -2.20. The highest BCUT2D eigenvalue weighted by molar-refractivity contribution is 5.79. The molecule has 0 radical (unpaired) electrons. The molecule has 0 aromatic heterocycles. The largest absolute Gasteiger partial charge is 0.449 e. The first kappa shape index (κ1) is 24.6. The van der Waals surface area contributed by atoms with Gasteiger partial charge in [0, 0.05) is 12.5 Å². The number of carbonyl (C=O) groups excluding carboxylic acids is 1. The number of aliphatic hydroxyl groups is 2. The monoisotopic (exact) mass is 493 g/mol. The van der Waals surface area contributed by atoms with Crippen molar-refractivity contribution in [3.05, 3.63) is 94.3 Å². The number of rotatable bonds is 7. The summed E-state index contributed by atoms with van der Waals surface area (Å²) in [7, 11) is 0. The zero-order valence-electron chi connectivity index (χ0n) is 18.1. The van der Waals surface area contributed by atoms with E-state index >= 15 is 0 Å². The second-order valence-electron chi connectivity index (χ2n) is 8.04. The van der Waals surface area contributed by atoms with E-state index < -0.39 is 59.4 Å². The minimum atomic E-state index is -2.41. The molecule has 0 heterocycles. The zero-order chi connectivity index (χ0) is 25.3. The molecule has 4 rings (SSSR count). The maximum atomic E-state index is 13.8. The topological polar surface area (TPSA) is 78.8 Å². The highest BCUT2D eigenvalue weighted by Crippen LogP contribution is 2.44. The second-order valence-corrected chi connectivity index (χ2v) is 8.04. The van der Waals surface area contributed by atoms with Crippen molar-refractivity contribution >= 4 is 6.09 Å². The van der Waals surface area contributed by atoms with Gasteiger partial charge in [-0.1, -0.05) is 48.5 Å². The number of nitrogens with one attached hydrogen (secondary N) is 1. The number of benzene rings is 3. The summed E-state index contributed by atoms with van der Waals surface area (Å²) in [5, 5.41) is 22.3. The number of ether oxygens (including phenoxy) is 1. The van der Waals surface area contributed by atoms with Crippen molar-refractivity contribution in [3.63, 3.8) is 0 Å². The maximum absolute atomic E-state index is 13.8. The van der Waals surface area contributed by atoms with Gasteiger partial charge in [-0.3, -0.25) is 0 Å². The maximum Gasteiger partial charge on any atom is 0.407 e. The lowest BCUT2D eigenvalue weighted by Crippen LogP contribution is -2.31. The number of fused-ring (bicyclic) bond motifs is 3. The van der Waals surface area contributed by atoms with Gasteiger partial charge in [0.1, 0.15) is 12.7 Å². The molecule has 1 aliphatic carbocycles. The molecule has 10 heteroatoms. The molecule has 2 atom stereocenters. The van der Waals surface area contributed by atoms with Crippen molar-refractivity contribution in [1.82, 2.24) is 5.32 Å². The van der Waals surface area contributed by atoms with E-state index in [1.54, 1.807) is 0 Å². The van der Waals surface area contributed by atoms with Crippen LogP contribution in [0, 0.1) is 29.1 Å². The average molecular weight is 493 g/mol. The molecule has 3 aromatic rings. The fourth-order valence-corrected chi connectivity index (χ4v) is 4.20. The minimum Gasteiger partial charge on any atom is -0.449 e. The highest BCUT2D eigenvalue weighted by Gasteiger charge is 2.33. The summed E-state index contributed by atoms with van der Waals surface area (Å²) in [4.78, 5) is 12.1. The van der Waals surface area contributed by atoms with Crippen molar-refractivity contribution in [1.29, 1.82) is 0 Å². The van der Waals surface area contributed by atoms with Crippen LogP contribution in [0.15, 0.2) is 48.5 Å². The van der Waals surface area contributed by atoms with Gasteiger partial charge in [0.05, 0.1) is 11.7 Å². The fourth-order valence-electron chi connectivity index (χ4n) is 4.20. The Bertz CT molecular complexity index is 1190. The summed E-state index contributed by atoms with van der Waals surface area (Å²) in [6, 6.07) is 15.4. The van der Waals surface area contributed by atoms with Gasteiger partial charge in [-0.15, -0.1) is 0 Å². The molecule has 0 spiro atoms. The van der Waals surface area contributed by atoms with Crippen molar-refractivity contribution in [2.75, 3.05) is 13.2 Å². The Hall–Kier alpha value is -3.50. The number of aliphatic hydroxyl groups excluding tert-OH is 2. The third kappa shape index (κ3) is 4.59. The van der Waals surface area contributed by atoms with Gasteiger partial charge >= 0.3 is 6.09 Å². The molecular formula is C25H20F5NO4. The molecule has 0 saturated carbocycles. The third-order valence-corrected chi connectivity index (χ3v) is 5.96. The molecule has 35 heavy (non-hydrogen) atoms. The van der Waals surface area contributed by atoms with Crippen LogP contribution in [-0.2, 0) is 4.74 Å². The first-order valence-corrected chi connectivity index (χ1v) is 10.7. The van der Waals surface area contributed by atoms with Crippen LogP contribution in [0.25, 0.3) is 11.1 Å². The SMILES string of the molecule is O=C(NCCC(O)C(O)c1c(F)c(F)c(F)c(F)c1F)OCC1c2ccccc2-c2ccccc21. The van der Waals surface area contributed by atoms with E-state index in [0.29, 0.717) is 0 Å². The summed E-state index contributed by atoms with van der Waals surface area (Å²) >= 11 is 0. The van der Waals surface area contributed by atoms with Crippen molar-refractivity contribution in [2.45, 2.75) is 24.5 Å². The number of carbonyl (C=O) groups is 1. The fraction of sp³-hybridized carbons (Fsp3) is 0.240. The molecule has 0 fully saturated rings. The molecule has 1 aliphatic rings. The average Bonchev–Trinajstić information content (AvgIpc) is 3.18. The first-order valence-electron chi connectivity index (χ1n) is 10.7. The van der Waals surface area contributed by atoms with Gasteiger partial charge < -0.3 is 20.3 Å². The van der Waals surface area contributed by atoms with Gasteiger partial charge in [0.25, 0.3) is 0 Å². The highest BCUT2D eigenvalue weighted by atomic mass is 19.2. The lowest BCUT2D eigenvalue weighted by molar-refractivity contribution is 0.00841. The molecule has 0 aliphatic heterocycles. The molecule has 184 valence electrons. The second kappa shape index (κ2) is 10.0. The van der Waals surface area contributed by atoms with E-state index in [9.17, 15) is 37.0 Å². The summed E-state index contributed by atoms with van der Waals surface area (Å²) in [5.41, 5.74) is 2.55. The Morgan fingerprint density at radius 2 is 1.31 bits per heavy atom. The van der Waals surface area contributed by atoms with E-state index in [0.717, 1.165) is 22.3 Å². The number of hydrogen-bond donors (Lipinski definition) is 3. The molecular weight excluding hydrogens is 473 g/mol. The predicted molar refractivity (Wildman–Crippen MR) is 115 cm³/mol. The Morgan fingerprint density at radius 3 is 1.86 bits per heavy atom. The van der Waals surface area contributed by atoms with Crippen molar-refractivity contribution < 1.29 is 41.7 Å². The molecule has 1 amide bonds. The molecule has 3 aromatic carbocycles. The lowest BCUT2D eigenvalue weighted by atomic mass is 9.98. The van der Waals surface area contributed by atoms with Crippen LogP contribution in [0.1, 0.15) is 35.1 Å². The van der Waals surface area contributed by atoms with E-state index in [1.807, 2.05) is 48.5 Å². The molecule has 5 nitrogen and oxygen atoms in total. The summed E-state index contributed by atoms with van der Waals surface area (Å²) < 4.78 is 72.9. The van der Waals surface area contributed by atoms with Crippen LogP contribution in [-0.4, -0.2) is 35.6 Å². The smallest absolute Gasteiger partial charge is 0.407 e. The standard InChI is InChI=1S/C25H20F5NO4/c26-19-18(20(27)22(29)23(30)21(19)28)24(33)17(32)9-10-31-25(34)35-11-16-14-7-3-1-5-12(14)13-6-2-4-8-15(13)16/h1-8,16-17,24,32-33H,9-11H2,(H,31,34). The summed E-state index contributed by atoms with van der Waals surface area (Å²) in [5.74, 6) is -11.5. The molecule has 0 bridgehead atoms. The number of halogens is 5. The number of hydrogen-bond acceptors (Lipinski definition) is 4. The molecule has 2 unspecified atom stereocenters. The molecule has 3 N–H and O–H groups in total. The van der Waals surface area contributed by atoms with Crippen LogP contribution in [0.4, 0.5) is 26.7 Å². The Kier molecular flexibility index (Phi) is 7.04. The summed E-state index contributed by atoms with van der Waals surface area (Å²) in [6.07, 6.45) is -5.64. The zero-order valence-corrected chi connectivity index (χ0v) is 18.1. The van der Waals surface area contributed by atoms with E-state index in [2.05, 4.69) is 5.32 Å². The van der Waals surface area contributed by atoms with E-state index in [4.69, 9.17) is 4.74 Å². The van der Waals surface area contributed by atoms with Gasteiger partial charge in [0.15, 0.2) is 23.3 Å². The van der Waals surface area contributed by atoms with Gasteiger partial charge in [-0.25, -0.2) is 26.7 Å². The van der Waals surface area contributed by atoms with Gasteiger partial charge in [-0.05, 0) is 28.7 Å². The van der Waals surface area contributed by atoms with Crippen LogP contribution < -0.4 is 5.32 Å². The number of amides is 1. The van der Waals surface area contributed by atoms with Crippen molar-refractivity contribution in [3.8, 4) is 11.1 Å². The Balaban J connectivity index is 1.33. The van der Waals surface area contributed by atoms with Gasteiger partial charge in [0.2, 0.25) is 5.82 Å². The van der Waals surface area contributed by atoms with E-state index in [1.165, 1.54) is 0 Å². The molecule has 0 saturated heterocycles. The Labute approximate surface area is 196 Å². The van der Waals surface area contributed by atoms with Crippen LogP contribution in [0.3, 0.4) is 0 Å². The first-order chi connectivity index (χ1) is 16.7. The predicted octanol–water partition coefficient (Wildman–Crippen LogP) is 4.71. The van der Waals surface area contributed by atoms with Gasteiger partial charge in [-0.2, -0.15) is 0 Å². The third-order valence-electron chi connectivity index (χ3n) is 5.96. The van der Waals surface area contributed by atoms with Crippen LogP contribution in [0.2, 0.25) is 0 Å².